The Balaban J connectivity index is 2.13. The molecule has 1 saturated heterocycles. The van der Waals surface area contributed by atoms with Crippen LogP contribution in [-0.4, -0.2) is 41.6 Å². The maximum absolute atomic E-state index is 12.8. The van der Waals surface area contributed by atoms with Gasteiger partial charge in [-0.15, -0.1) is 0 Å². The van der Waals surface area contributed by atoms with Crippen LogP contribution in [0.2, 0.25) is 0 Å². The van der Waals surface area contributed by atoms with E-state index in [1.54, 1.807) is 7.11 Å². The van der Waals surface area contributed by atoms with Crippen molar-refractivity contribution in [3.63, 3.8) is 0 Å². The lowest BCUT2D eigenvalue weighted by Crippen LogP contribution is -2.37. The van der Waals surface area contributed by atoms with Crippen molar-refractivity contribution in [3.8, 4) is 5.75 Å². The van der Waals surface area contributed by atoms with Crippen LogP contribution in [-0.2, 0) is 15.5 Å². The van der Waals surface area contributed by atoms with Gasteiger partial charge in [0.2, 0.25) is 0 Å². The van der Waals surface area contributed by atoms with Crippen molar-refractivity contribution in [1.82, 2.24) is 5.32 Å². The SMILES string of the molecule is CNC(c1ccc(OC)cc1)C(C)S(=O)C1CCOC1C. The quantitative estimate of drug-likeness (QED) is 0.875. The summed E-state index contributed by atoms with van der Waals surface area (Å²) in [5.74, 6) is 0.834. The van der Waals surface area contributed by atoms with E-state index in [4.69, 9.17) is 9.47 Å². The summed E-state index contributed by atoms with van der Waals surface area (Å²) in [6.45, 7) is 4.79. The highest BCUT2D eigenvalue weighted by molar-refractivity contribution is 7.86. The molecule has 4 nitrogen and oxygen atoms in total. The smallest absolute Gasteiger partial charge is 0.118 e. The predicted octanol–water partition coefficient (Wildman–Crippen LogP) is 2.27. The van der Waals surface area contributed by atoms with E-state index < -0.39 is 10.8 Å². The summed E-state index contributed by atoms with van der Waals surface area (Å²) in [6.07, 6.45) is 0.971. The second-order valence-corrected chi connectivity index (χ2v) is 7.48. The van der Waals surface area contributed by atoms with Gasteiger partial charge in [-0.2, -0.15) is 0 Å². The van der Waals surface area contributed by atoms with Gasteiger partial charge in [0.1, 0.15) is 5.75 Å². The van der Waals surface area contributed by atoms with Crippen LogP contribution in [0.5, 0.6) is 5.75 Å². The molecule has 1 heterocycles. The van der Waals surface area contributed by atoms with E-state index in [0.717, 1.165) is 24.3 Å². The van der Waals surface area contributed by atoms with E-state index in [1.807, 2.05) is 45.2 Å². The zero-order valence-electron chi connectivity index (χ0n) is 13.2. The summed E-state index contributed by atoms with van der Waals surface area (Å²) in [5, 5.41) is 3.46. The first-order valence-electron chi connectivity index (χ1n) is 7.40. The number of rotatable bonds is 6. The molecule has 21 heavy (non-hydrogen) atoms. The molecule has 0 bridgehead atoms. The number of nitrogens with one attached hydrogen (secondary N) is 1. The van der Waals surface area contributed by atoms with Gasteiger partial charge in [-0.25, -0.2) is 0 Å². The molecular weight excluding hydrogens is 286 g/mol. The van der Waals surface area contributed by atoms with Crippen LogP contribution in [0, 0.1) is 0 Å². The monoisotopic (exact) mass is 311 g/mol. The van der Waals surface area contributed by atoms with Crippen molar-refractivity contribution in [2.45, 2.75) is 42.9 Å². The molecule has 5 unspecified atom stereocenters. The van der Waals surface area contributed by atoms with Crippen molar-refractivity contribution in [2.75, 3.05) is 20.8 Å². The molecule has 1 aliphatic heterocycles. The zero-order valence-corrected chi connectivity index (χ0v) is 14.0. The largest absolute Gasteiger partial charge is 0.497 e. The highest BCUT2D eigenvalue weighted by Gasteiger charge is 2.35. The van der Waals surface area contributed by atoms with Crippen LogP contribution in [0.3, 0.4) is 0 Å². The molecule has 5 heteroatoms. The molecule has 1 aromatic carbocycles. The zero-order chi connectivity index (χ0) is 15.4. The van der Waals surface area contributed by atoms with Gasteiger partial charge < -0.3 is 14.8 Å². The molecule has 0 saturated carbocycles. The third-order valence-corrected chi connectivity index (χ3v) is 6.45. The Kier molecular flexibility index (Phi) is 5.79. The minimum Gasteiger partial charge on any atom is -0.497 e. The van der Waals surface area contributed by atoms with Gasteiger partial charge in [-0.1, -0.05) is 12.1 Å². The van der Waals surface area contributed by atoms with Crippen molar-refractivity contribution < 1.29 is 13.7 Å². The second kappa shape index (κ2) is 7.38. The van der Waals surface area contributed by atoms with Gasteiger partial charge >= 0.3 is 0 Å². The summed E-state index contributed by atoms with van der Waals surface area (Å²) >= 11 is 0. The van der Waals surface area contributed by atoms with Crippen LogP contribution in [0.4, 0.5) is 0 Å². The van der Waals surface area contributed by atoms with Crippen molar-refractivity contribution in [2.24, 2.45) is 0 Å². The second-order valence-electron chi connectivity index (χ2n) is 5.48. The molecule has 118 valence electrons. The molecule has 1 aliphatic rings. The Morgan fingerprint density at radius 2 is 2.05 bits per heavy atom. The van der Waals surface area contributed by atoms with Gasteiger partial charge in [-0.3, -0.25) is 4.21 Å². The summed E-state index contributed by atoms with van der Waals surface area (Å²) in [5.41, 5.74) is 1.13. The lowest BCUT2D eigenvalue weighted by Gasteiger charge is -2.27. The van der Waals surface area contributed by atoms with Gasteiger partial charge in [0.15, 0.2) is 0 Å². The number of benzene rings is 1. The summed E-state index contributed by atoms with van der Waals surface area (Å²) in [4.78, 5) is 0. The minimum atomic E-state index is -0.927. The van der Waals surface area contributed by atoms with Gasteiger partial charge in [0.25, 0.3) is 0 Å². The first kappa shape index (κ1) is 16.5. The Bertz CT molecular complexity index is 477. The van der Waals surface area contributed by atoms with Crippen LogP contribution in [0.15, 0.2) is 24.3 Å². The number of hydrogen-bond donors (Lipinski definition) is 1. The first-order valence-corrected chi connectivity index (χ1v) is 8.68. The van der Waals surface area contributed by atoms with E-state index in [2.05, 4.69) is 5.32 Å². The predicted molar refractivity (Wildman–Crippen MR) is 86.2 cm³/mol. The lowest BCUT2D eigenvalue weighted by atomic mass is 10.0. The van der Waals surface area contributed by atoms with Crippen molar-refractivity contribution in [3.05, 3.63) is 29.8 Å². The fourth-order valence-electron chi connectivity index (χ4n) is 2.91. The van der Waals surface area contributed by atoms with Crippen LogP contribution >= 0.6 is 0 Å². The molecule has 0 amide bonds. The minimum absolute atomic E-state index is 0.0255. The maximum atomic E-state index is 12.8. The molecule has 1 N–H and O–H groups in total. The first-order chi connectivity index (χ1) is 10.1. The van der Waals surface area contributed by atoms with Gasteiger partial charge in [-0.05, 0) is 45.0 Å². The summed E-state index contributed by atoms with van der Waals surface area (Å²) in [7, 11) is 2.64. The van der Waals surface area contributed by atoms with Crippen LogP contribution in [0.1, 0.15) is 31.9 Å². The van der Waals surface area contributed by atoms with Gasteiger partial charge in [0, 0.05) is 23.4 Å². The lowest BCUT2D eigenvalue weighted by molar-refractivity contribution is 0.126. The van der Waals surface area contributed by atoms with E-state index in [-0.39, 0.29) is 22.6 Å². The summed E-state index contributed by atoms with van der Waals surface area (Å²) in [6, 6.07) is 8.00. The van der Waals surface area contributed by atoms with E-state index in [9.17, 15) is 4.21 Å². The van der Waals surface area contributed by atoms with Crippen molar-refractivity contribution >= 4 is 10.8 Å². The van der Waals surface area contributed by atoms with E-state index in [1.165, 1.54) is 0 Å². The topological polar surface area (TPSA) is 47.6 Å². The molecule has 5 atom stereocenters. The third-order valence-electron chi connectivity index (χ3n) is 4.23. The highest BCUT2D eigenvalue weighted by Crippen LogP contribution is 2.28. The fourth-order valence-corrected chi connectivity index (χ4v) is 4.81. The normalized spacial score (nSPS) is 26.3. The molecule has 2 rings (SSSR count). The average Bonchev–Trinajstić information content (AvgIpc) is 2.94. The molecule has 0 aliphatic carbocycles. The van der Waals surface area contributed by atoms with Crippen LogP contribution < -0.4 is 10.1 Å². The Hall–Kier alpha value is -0.910. The molecule has 0 aromatic heterocycles. The fraction of sp³-hybridized carbons (Fsp3) is 0.625. The highest BCUT2D eigenvalue weighted by atomic mass is 32.2. The average molecular weight is 311 g/mol. The van der Waals surface area contributed by atoms with E-state index >= 15 is 0 Å². The summed E-state index contributed by atoms with van der Waals surface area (Å²) < 4.78 is 23.6. The van der Waals surface area contributed by atoms with Crippen LogP contribution in [0.25, 0.3) is 0 Å². The van der Waals surface area contributed by atoms with Gasteiger partial charge in [0.05, 0.1) is 23.7 Å². The number of hydrogen-bond acceptors (Lipinski definition) is 4. The molecule has 1 fully saturated rings. The number of ether oxygens (including phenoxy) is 2. The maximum Gasteiger partial charge on any atom is 0.118 e. The standard InChI is InChI=1S/C16H25NO3S/c1-11-15(9-10-20-11)21(18)12(2)16(17-3)13-5-7-14(19-4)8-6-13/h5-8,11-12,15-17H,9-10H2,1-4H3. The molecule has 1 aromatic rings. The Morgan fingerprint density at radius 1 is 1.38 bits per heavy atom. The molecule has 0 radical (unpaired) electrons. The molecule has 0 spiro atoms. The third kappa shape index (κ3) is 3.65. The Labute approximate surface area is 129 Å². The Morgan fingerprint density at radius 3 is 2.52 bits per heavy atom. The molecular formula is C16H25NO3S. The number of methoxy groups -OCH3 is 1. The van der Waals surface area contributed by atoms with E-state index in [0.29, 0.717) is 0 Å². The van der Waals surface area contributed by atoms with Crippen molar-refractivity contribution in [1.29, 1.82) is 0 Å².